The van der Waals surface area contributed by atoms with Gasteiger partial charge in [-0.2, -0.15) is 18.4 Å². The summed E-state index contributed by atoms with van der Waals surface area (Å²) in [5.41, 5.74) is 0.855. The van der Waals surface area contributed by atoms with Gasteiger partial charge in [-0.3, -0.25) is 4.79 Å². The van der Waals surface area contributed by atoms with Crippen LogP contribution in [0.5, 0.6) is 0 Å². The number of nitrogens with zero attached hydrogens (tertiary/aromatic N) is 3. The van der Waals surface area contributed by atoms with Gasteiger partial charge in [0, 0.05) is 31.1 Å². The zero-order valence-electron chi connectivity index (χ0n) is 22.9. The number of nitriles is 1. The van der Waals surface area contributed by atoms with Crippen LogP contribution in [0.4, 0.5) is 19.0 Å². The van der Waals surface area contributed by atoms with Gasteiger partial charge in [-0.1, -0.05) is 31.2 Å². The summed E-state index contributed by atoms with van der Waals surface area (Å²) in [6.45, 7) is 1.64. The molecule has 1 amide bonds. The Morgan fingerprint density at radius 2 is 1.83 bits per heavy atom. The van der Waals surface area contributed by atoms with E-state index in [9.17, 15) is 31.5 Å². The second-order valence-electron chi connectivity index (χ2n) is 10.1. The summed E-state index contributed by atoms with van der Waals surface area (Å²) >= 11 is 0. The third-order valence-electron chi connectivity index (χ3n) is 7.53. The normalized spacial score (nSPS) is 18.0. The molecule has 1 aromatic heterocycles. The number of aliphatic hydroxyl groups excluding tert-OH is 1. The second-order valence-corrected chi connectivity index (χ2v) is 12.4. The fourth-order valence-electron chi connectivity index (χ4n) is 5.13. The summed E-state index contributed by atoms with van der Waals surface area (Å²) in [5, 5.41) is 21.7. The summed E-state index contributed by atoms with van der Waals surface area (Å²) in [4.78, 5) is 19.6. The second kappa shape index (κ2) is 12.9. The van der Waals surface area contributed by atoms with E-state index in [1.165, 1.54) is 30.5 Å². The van der Waals surface area contributed by atoms with E-state index in [0.717, 1.165) is 17.7 Å². The van der Waals surface area contributed by atoms with E-state index in [1.54, 1.807) is 31.2 Å². The fraction of sp³-hybridized carbons (Fsp3) is 0.367. The first-order valence-electron chi connectivity index (χ1n) is 13.5. The van der Waals surface area contributed by atoms with Gasteiger partial charge in [0.15, 0.2) is 9.84 Å². The van der Waals surface area contributed by atoms with Crippen molar-refractivity contribution in [3.63, 3.8) is 0 Å². The standard InChI is InChI=1S/C30H31F3N4O4S/c1-2-42(40,41)26-12-7-21(8-13-26)27(19-38)36-29(39)22-9-14-28(35-17-22)37-18-23(16-25(37)4-3-15-34)20-5-10-24(11-6-20)30(31,32)33/h5-14,17,23,25,27,38H,2-4,16,18-19H2,1H3,(H,36,39)/t23?,25-,27+/m1/s1. The number of carbonyl (C=O) groups is 1. The Kier molecular flexibility index (Phi) is 9.53. The zero-order chi connectivity index (χ0) is 30.5. The van der Waals surface area contributed by atoms with Crippen LogP contribution in [0, 0.1) is 11.3 Å². The molecule has 1 saturated heterocycles. The molecule has 3 atom stereocenters. The minimum Gasteiger partial charge on any atom is -0.394 e. The third-order valence-corrected chi connectivity index (χ3v) is 9.28. The lowest BCUT2D eigenvalue weighted by molar-refractivity contribution is -0.137. The van der Waals surface area contributed by atoms with E-state index in [4.69, 9.17) is 5.26 Å². The lowest BCUT2D eigenvalue weighted by atomic mass is 9.94. The minimum absolute atomic E-state index is 0.0400. The van der Waals surface area contributed by atoms with E-state index >= 15 is 0 Å². The number of alkyl halides is 3. The number of rotatable bonds is 10. The molecule has 0 spiro atoms. The van der Waals surface area contributed by atoms with E-state index < -0.39 is 40.1 Å². The predicted molar refractivity (Wildman–Crippen MR) is 150 cm³/mol. The lowest BCUT2D eigenvalue weighted by Crippen LogP contribution is -2.32. The molecule has 12 heteroatoms. The van der Waals surface area contributed by atoms with Crippen LogP contribution in [0.25, 0.3) is 0 Å². The molecule has 222 valence electrons. The Morgan fingerprint density at radius 3 is 2.38 bits per heavy atom. The Bertz CT molecular complexity index is 1520. The highest BCUT2D eigenvalue weighted by Gasteiger charge is 2.35. The van der Waals surface area contributed by atoms with Gasteiger partial charge >= 0.3 is 6.18 Å². The third kappa shape index (κ3) is 7.09. The Balaban J connectivity index is 1.46. The van der Waals surface area contributed by atoms with Gasteiger partial charge in [-0.25, -0.2) is 13.4 Å². The maximum Gasteiger partial charge on any atom is 0.416 e. The molecule has 1 fully saturated rings. The molecule has 8 nitrogen and oxygen atoms in total. The summed E-state index contributed by atoms with van der Waals surface area (Å²) in [7, 11) is -3.38. The van der Waals surface area contributed by atoms with Gasteiger partial charge in [0.25, 0.3) is 5.91 Å². The Hall–Kier alpha value is -3.95. The van der Waals surface area contributed by atoms with E-state index in [1.807, 2.05) is 4.90 Å². The molecule has 4 rings (SSSR count). The monoisotopic (exact) mass is 600 g/mol. The SMILES string of the molecule is CCS(=O)(=O)c1ccc([C@H](CO)NC(=O)c2ccc(N3CC(c4ccc(C(F)(F)F)cc4)C[C@H]3CCC#N)nc2)cc1. The van der Waals surface area contributed by atoms with Crippen LogP contribution in [-0.2, 0) is 16.0 Å². The fourth-order valence-corrected chi connectivity index (χ4v) is 6.01. The number of pyridine rings is 1. The maximum atomic E-state index is 13.0. The molecule has 2 aromatic carbocycles. The Labute approximate surface area is 242 Å². The average Bonchev–Trinajstić information content (AvgIpc) is 3.42. The number of aliphatic hydroxyl groups is 1. The van der Waals surface area contributed by atoms with E-state index in [-0.39, 0.29) is 28.2 Å². The van der Waals surface area contributed by atoms with Crippen LogP contribution in [0.2, 0.25) is 0 Å². The van der Waals surface area contributed by atoms with Crippen molar-refractivity contribution >= 4 is 21.6 Å². The number of amides is 1. The van der Waals surface area contributed by atoms with Crippen LogP contribution in [0.3, 0.4) is 0 Å². The van der Waals surface area contributed by atoms with Crippen LogP contribution in [-0.4, -0.2) is 49.4 Å². The highest BCUT2D eigenvalue weighted by Crippen LogP contribution is 2.37. The maximum absolute atomic E-state index is 13.0. The van der Waals surface area contributed by atoms with Crippen LogP contribution in [0.15, 0.2) is 71.8 Å². The molecule has 1 unspecified atom stereocenters. The topological polar surface area (TPSA) is 123 Å². The number of nitrogens with one attached hydrogen (secondary N) is 1. The minimum atomic E-state index is -4.41. The Morgan fingerprint density at radius 1 is 1.14 bits per heavy atom. The van der Waals surface area contributed by atoms with Gasteiger partial charge in [0.05, 0.1) is 40.5 Å². The molecular formula is C30H31F3N4O4S. The molecular weight excluding hydrogens is 569 g/mol. The molecule has 0 saturated carbocycles. The van der Waals surface area contributed by atoms with Crippen molar-refractivity contribution in [1.82, 2.24) is 10.3 Å². The molecule has 0 aliphatic carbocycles. The molecule has 42 heavy (non-hydrogen) atoms. The first kappa shape index (κ1) is 31.0. The zero-order valence-corrected chi connectivity index (χ0v) is 23.7. The van der Waals surface area contributed by atoms with Crippen molar-refractivity contribution in [2.75, 3.05) is 23.8 Å². The summed E-state index contributed by atoms with van der Waals surface area (Å²) in [6, 6.07) is 15.7. The van der Waals surface area contributed by atoms with Gasteiger partial charge < -0.3 is 15.3 Å². The largest absolute Gasteiger partial charge is 0.416 e. The number of hydrogen-bond acceptors (Lipinski definition) is 7. The summed E-state index contributed by atoms with van der Waals surface area (Å²) < 4.78 is 63.1. The molecule has 0 bridgehead atoms. The van der Waals surface area contributed by atoms with Crippen LogP contribution < -0.4 is 10.2 Å². The number of anilines is 1. The van der Waals surface area contributed by atoms with Crippen LogP contribution in [0.1, 0.15) is 65.2 Å². The molecule has 2 heterocycles. The van der Waals surface area contributed by atoms with Crippen molar-refractivity contribution < 1.29 is 31.5 Å². The first-order chi connectivity index (χ1) is 20.0. The quantitative estimate of drug-likeness (QED) is 0.335. The number of halogens is 3. The highest BCUT2D eigenvalue weighted by molar-refractivity contribution is 7.91. The van der Waals surface area contributed by atoms with Gasteiger partial charge in [-0.05, 0) is 60.4 Å². The van der Waals surface area contributed by atoms with Gasteiger partial charge in [0.2, 0.25) is 0 Å². The van der Waals surface area contributed by atoms with Crippen molar-refractivity contribution in [2.24, 2.45) is 0 Å². The highest BCUT2D eigenvalue weighted by atomic mass is 32.2. The number of benzene rings is 2. The molecule has 2 N–H and O–H groups in total. The number of sulfone groups is 1. The molecule has 0 radical (unpaired) electrons. The number of carbonyl (C=O) groups excluding carboxylic acids is 1. The first-order valence-corrected chi connectivity index (χ1v) is 15.1. The van der Waals surface area contributed by atoms with E-state index in [2.05, 4.69) is 16.4 Å². The molecule has 1 aliphatic rings. The lowest BCUT2D eigenvalue weighted by Gasteiger charge is -2.25. The number of aromatic nitrogens is 1. The van der Waals surface area contributed by atoms with Gasteiger partial charge in [-0.15, -0.1) is 0 Å². The number of hydrogen-bond donors (Lipinski definition) is 2. The molecule has 1 aliphatic heterocycles. The summed E-state index contributed by atoms with van der Waals surface area (Å²) in [5.74, 6) is 0.00498. The predicted octanol–water partition coefficient (Wildman–Crippen LogP) is 5.02. The van der Waals surface area contributed by atoms with Crippen molar-refractivity contribution in [3.8, 4) is 6.07 Å². The van der Waals surface area contributed by atoms with Gasteiger partial charge in [0.1, 0.15) is 5.82 Å². The van der Waals surface area contributed by atoms with Crippen molar-refractivity contribution in [3.05, 3.63) is 89.1 Å². The molecule has 3 aromatic rings. The smallest absolute Gasteiger partial charge is 0.394 e. The summed E-state index contributed by atoms with van der Waals surface area (Å²) in [6.07, 6.45) is -1.48. The van der Waals surface area contributed by atoms with Crippen LogP contribution >= 0.6 is 0 Å². The van der Waals surface area contributed by atoms with Crippen molar-refractivity contribution in [1.29, 1.82) is 5.26 Å². The van der Waals surface area contributed by atoms with Crippen molar-refractivity contribution in [2.45, 2.75) is 55.3 Å². The average molecular weight is 601 g/mol. The van der Waals surface area contributed by atoms with E-state index in [0.29, 0.717) is 37.2 Å².